The zero-order chi connectivity index (χ0) is 13.7. The molecule has 0 fully saturated rings. The monoisotopic (exact) mass is 275 g/mol. The van der Waals surface area contributed by atoms with Crippen molar-refractivity contribution in [3.05, 3.63) is 63.6 Å². The minimum atomic E-state index is -0.250. The summed E-state index contributed by atoms with van der Waals surface area (Å²) in [6, 6.07) is 8.34. The Labute approximate surface area is 115 Å². The Morgan fingerprint density at radius 3 is 2.63 bits per heavy atom. The number of rotatable bonds is 4. The Balaban J connectivity index is 2.26. The molecular weight excluding hydrogens is 261 g/mol. The van der Waals surface area contributed by atoms with Crippen LogP contribution < -0.4 is 0 Å². The molecule has 2 nitrogen and oxygen atoms in total. The molecule has 1 heterocycles. The number of thiophene rings is 1. The molecule has 0 bridgehead atoms. The number of hydrogen-bond acceptors (Lipinski definition) is 3. The van der Waals surface area contributed by atoms with Gasteiger partial charge in [0.15, 0.2) is 0 Å². The van der Waals surface area contributed by atoms with Gasteiger partial charge in [-0.2, -0.15) is 11.3 Å². The van der Waals surface area contributed by atoms with Gasteiger partial charge in [0.25, 0.3) is 0 Å². The van der Waals surface area contributed by atoms with Crippen molar-refractivity contribution < 1.29 is 9.60 Å². The highest BCUT2D eigenvalue weighted by atomic mass is 32.1. The van der Waals surface area contributed by atoms with Gasteiger partial charge in [-0.25, -0.2) is 4.39 Å². The van der Waals surface area contributed by atoms with E-state index < -0.39 is 0 Å². The molecule has 1 N–H and O–H groups in total. The summed E-state index contributed by atoms with van der Waals surface area (Å²) < 4.78 is 12.9. The van der Waals surface area contributed by atoms with E-state index in [0.717, 1.165) is 16.7 Å². The maximum absolute atomic E-state index is 12.9. The molecule has 1 aromatic carbocycles. The molecule has 2 rings (SSSR count). The normalized spacial score (nSPS) is 12.7. The number of halogens is 1. The fourth-order valence-electron chi connectivity index (χ4n) is 1.73. The van der Waals surface area contributed by atoms with Crippen LogP contribution in [-0.2, 0) is 6.42 Å². The standard InChI is InChI=1S/C15H14FNOS/c1-11(17-18)14(9-13-6-7-19-10-13)8-12-2-4-15(16)5-3-12/h2-7,9-10,18H,8H2,1H3/b14-9+,17-11+. The van der Waals surface area contributed by atoms with Crippen LogP contribution in [0.15, 0.2) is 51.8 Å². The van der Waals surface area contributed by atoms with Crippen molar-refractivity contribution in [1.82, 2.24) is 0 Å². The third kappa shape index (κ3) is 3.76. The molecule has 2 aromatic rings. The van der Waals surface area contributed by atoms with Crippen molar-refractivity contribution in [2.75, 3.05) is 0 Å². The second-order valence-electron chi connectivity index (χ2n) is 4.21. The van der Waals surface area contributed by atoms with Gasteiger partial charge < -0.3 is 5.21 Å². The van der Waals surface area contributed by atoms with Crippen LogP contribution in [0.25, 0.3) is 6.08 Å². The first kappa shape index (κ1) is 13.5. The lowest BCUT2D eigenvalue weighted by atomic mass is 10.00. The molecule has 0 aliphatic heterocycles. The lowest BCUT2D eigenvalue weighted by Gasteiger charge is -2.06. The van der Waals surface area contributed by atoms with Gasteiger partial charge >= 0.3 is 0 Å². The Hall–Kier alpha value is -1.94. The van der Waals surface area contributed by atoms with E-state index in [-0.39, 0.29) is 5.82 Å². The maximum atomic E-state index is 12.9. The fourth-order valence-corrected chi connectivity index (χ4v) is 2.35. The van der Waals surface area contributed by atoms with Crippen LogP contribution in [0.5, 0.6) is 0 Å². The van der Waals surface area contributed by atoms with E-state index in [1.54, 1.807) is 30.4 Å². The van der Waals surface area contributed by atoms with E-state index in [1.165, 1.54) is 12.1 Å². The van der Waals surface area contributed by atoms with E-state index in [2.05, 4.69) is 5.16 Å². The van der Waals surface area contributed by atoms with Crippen molar-refractivity contribution in [3.63, 3.8) is 0 Å². The molecule has 98 valence electrons. The van der Waals surface area contributed by atoms with E-state index in [4.69, 9.17) is 5.21 Å². The SMILES string of the molecule is CC(=N\O)/C(=C/c1ccsc1)Cc1ccc(F)cc1. The van der Waals surface area contributed by atoms with Gasteiger partial charge in [0, 0.05) is 0 Å². The summed E-state index contributed by atoms with van der Waals surface area (Å²) in [6.07, 6.45) is 2.58. The lowest BCUT2D eigenvalue weighted by molar-refractivity contribution is 0.319. The number of benzene rings is 1. The van der Waals surface area contributed by atoms with Crippen LogP contribution in [0.1, 0.15) is 18.1 Å². The molecule has 0 spiro atoms. The molecule has 0 aliphatic carbocycles. The van der Waals surface area contributed by atoms with E-state index in [0.29, 0.717) is 12.1 Å². The average molecular weight is 275 g/mol. The second-order valence-corrected chi connectivity index (χ2v) is 4.99. The van der Waals surface area contributed by atoms with Crippen LogP contribution in [-0.4, -0.2) is 10.9 Å². The van der Waals surface area contributed by atoms with Crippen LogP contribution >= 0.6 is 11.3 Å². The summed E-state index contributed by atoms with van der Waals surface area (Å²) >= 11 is 1.61. The van der Waals surface area contributed by atoms with Crippen molar-refractivity contribution in [2.45, 2.75) is 13.3 Å². The van der Waals surface area contributed by atoms with Gasteiger partial charge in [0.05, 0.1) is 5.71 Å². The zero-order valence-electron chi connectivity index (χ0n) is 10.5. The molecule has 0 aliphatic rings. The summed E-state index contributed by atoms with van der Waals surface area (Å²) in [5.41, 5.74) is 3.53. The molecule has 19 heavy (non-hydrogen) atoms. The topological polar surface area (TPSA) is 32.6 Å². The highest BCUT2D eigenvalue weighted by Gasteiger charge is 2.05. The van der Waals surface area contributed by atoms with Gasteiger partial charge in [-0.1, -0.05) is 17.3 Å². The third-order valence-electron chi connectivity index (χ3n) is 2.81. The average Bonchev–Trinajstić information content (AvgIpc) is 2.92. The first-order valence-corrected chi connectivity index (χ1v) is 6.79. The molecular formula is C15H14FNOS. The molecule has 0 amide bonds. The highest BCUT2D eigenvalue weighted by Crippen LogP contribution is 2.16. The Kier molecular flexibility index (Phi) is 4.47. The van der Waals surface area contributed by atoms with Gasteiger partial charge in [0.2, 0.25) is 0 Å². The summed E-state index contributed by atoms with van der Waals surface area (Å²) in [5.74, 6) is -0.250. The van der Waals surface area contributed by atoms with Crippen molar-refractivity contribution >= 4 is 23.1 Å². The third-order valence-corrected chi connectivity index (χ3v) is 3.51. The van der Waals surface area contributed by atoms with Gasteiger partial charge in [0.1, 0.15) is 5.82 Å². The highest BCUT2D eigenvalue weighted by molar-refractivity contribution is 7.08. The first-order valence-electron chi connectivity index (χ1n) is 5.85. The van der Waals surface area contributed by atoms with Crippen molar-refractivity contribution in [3.8, 4) is 0 Å². The molecule has 0 unspecified atom stereocenters. The molecule has 4 heteroatoms. The maximum Gasteiger partial charge on any atom is 0.123 e. The van der Waals surface area contributed by atoms with Gasteiger partial charge in [-0.15, -0.1) is 0 Å². The predicted octanol–water partition coefficient (Wildman–Crippen LogP) is 4.36. The van der Waals surface area contributed by atoms with E-state index >= 15 is 0 Å². The quantitative estimate of drug-likeness (QED) is 0.502. The van der Waals surface area contributed by atoms with Crippen molar-refractivity contribution in [2.24, 2.45) is 5.16 Å². The van der Waals surface area contributed by atoms with Crippen LogP contribution in [0.2, 0.25) is 0 Å². The molecule has 0 radical (unpaired) electrons. The largest absolute Gasteiger partial charge is 0.411 e. The predicted molar refractivity (Wildman–Crippen MR) is 77.3 cm³/mol. The second kappa shape index (κ2) is 6.29. The van der Waals surface area contributed by atoms with Crippen molar-refractivity contribution in [1.29, 1.82) is 0 Å². The minimum Gasteiger partial charge on any atom is -0.411 e. The molecule has 0 saturated heterocycles. The Morgan fingerprint density at radius 1 is 1.32 bits per heavy atom. The first-order chi connectivity index (χ1) is 9.19. The molecule has 0 saturated carbocycles. The smallest absolute Gasteiger partial charge is 0.123 e. The van der Waals surface area contributed by atoms with Gasteiger partial charge in [-0.05, 0) is 65.1 Å². The summed E-state index contributed by atoms with van der Waals surface area (Å²) in [6.45, 7) is 1.75. The summed E-state index contributed by atoms with van der Waals surface area (Å²) in [5, 5.41) is 16.2. The number of oxime groups is 1. The molecule has 0 atom stereocenters. The minimum absolute atomic E-state index is 0.250. The van der Waals surface area contributed by atoms with Gasteiger partial charge in [-0.3, -0.25) is 0 Å². The lowest BCUT2D eigenvalue weighted by Crippen LogP contribution is -2.01. The fraction of sp³-hybridized carbons (Fsp3) is 0.133. The number of hydrogen-bond donors (Lipinski definition) is 1. The summed E-state index contributed by atoms with van der Waals surface area (Å²) in [7, 11) is 0. The van der Waals surface area contributed by atoms with Crippen LogP contribution in [0.4, 0.5) is 4.39 Å². The Morgan fingerprint density at radius 2 is 2.05 bits per heavy atom. The van der Waals surface area contributed by atoms with E-state index in [9.17, 15) is 4.39 Å². The van der Waals surface area contributed by atoms with E-state index in [1.807, 2.05) is 22.9 Å². The molecule has 1 aromatic heterocycles. The van der Waals surface area contributed by atoms with Crippen LogP contribution in [0, 0.1) is 5.82 Å². The number of nitrogens with zero attached hydrogens (tertiary/aromatic N) is 1. The number of allylic oxidation sites excluding steroid dienone is 1. The zero-order valence-corrected chi connectivity index (χ0v) is 11.3. The Bertz CT molecular complexity index is 585. The van der Waals surface area contributed by atoms with Crippen LogP contribution in [0.3, 0.4) is 0 Å². The summed E-state index contributed by atoms with van der Waals surface area (Å²) in [4.78, 5) is 0.